The molecule has 8 heteroatoms. The van der Waals surface area contributed by atoms with Gasteiger partial charge in [-0.05, 0) is 25.0 Å². The number of anilines is 2. The van der Waals surface area contributed by atoms with Crippen molar-refractivity contribution in [3.8, 4) is 0 Å². The number of nitrogens with two attached hydrogens (primary N) is 1. The fraction of sp³-hybridized carbons (Fsp3) is 0.278. The highest BCUT2D eigenvalue weighted by Gasteiger charge is 2.24. The molecule has 4 heterocycles. The van der Waals surface area contributed by atoms with Crippen molar-refractivity contribution in [3.63, 3.8) is 0 Å². The zero-order chi connectivity index (χ0) is 18.1. The average molecular weight is 354 g/mol. The average Bonchev–Trinajstić information content (AvgIpc) is 3.05. The van der Waals surface area contributed by atoms with E-state index in [0.717, 1.165) is 12.8 Å². The third-order valence-electron chi connectivity index (χ3n) is 4.58. The first-order valence-corrected chi connectivity index (χ1v) is 8.51. The Morgan fingerprint density at radius 3 is 3.08 bits per heavy atom. The van der Waals surface area contributed by atoms with Crippen LogP contribution in [0.4, 0.5) is 15.8 Å². The van der Waals surface area contributed by atoms with Gasteiger partial charge in [-0.3, -0.25) is 9.78 Å². The van der Waals surface area contributed by atoms with Crippen LogP contribution in [-0.4, -0.2) is 40.0 Å². The first-order valence-electron chi connectivity index (χ1n) is 8.51. The summed E-state index contributed by atoms with van der Waals surface area (Å²) in [6, 6.07) is 3.35. The van der Waals surface area contributed by atoms with E-state index in [-0.39, 0.29) is 11.9 Å². The number of fused-ring (bicyclic) bond motifs is 1. The van der Waals surface area contributed by atoms with E-state index in [1.54, 1.807) is 24.5 Å². The van der Waals surface area contributed by atoms with Crippen molar-refractivity contribution in [1.82, 2.24) is 15.0 Å². The van der Waals surface area contributed by atoms with Crippen LogP contribution in [0.1, 0.15) is 23.2 Å². The maximum Gasteiger partial charge on any atom is 0.257 e. The Balaban J connectivity index is 1.74. The number of amides is 1. The van der Waals surface area contributed by atoms with Crippen LogP contribution >= 0.6 is 0 Å². The summed E-state index contributed by atoms with van der Waals surface area (Å²) < 4.78 is 14.7. The summed E-state index contributed by atoms with van der Waals surface area (Å²) in [4.78, 5) is 25.4. The van der Waals surface area contributed by atoms with Crippen molar-refractivity contribution in [2.24, 2.45) is 5.73 Å². The van der Waals surface area contributed by atoms with Gasteiger partial charge in [-0.15, -0.1) is 0 Å². The molecule has 0 aromatic carbocycles. The van der Waals surface area contributed by atoms with Crippen LogP contribution in [0.15, 0.2) is 36.9 Å². The van der Waals surface area contributed by atoms with Crippen LogP contribution in [-0.2, 0) is 0 Å². The molecule has 0 aliphatic carbocycles. The second kappa shape index (κ2) is 6.72. The first-order chi connectivity index (χ1) is 12.6. The molecule has 0 bridgehead atoms. The van der Waals surface area contributed by atoms with Crippen molar-refractivity contribution in [2.45, 2.75) is 18.9 Å². The molecular weight excluding hydrogens is 335 g/mol. The van der Waals surface area contributed by atoms with E-state index >= 15 is 0 Å². The van der Waals surface area contributed by atoms with Crippen molar-refractivity contribution < 1.29 is 9.18 Å². The zero-order valence-corrected chi connectivity index (χ0v) is 14.1. The number of aromatic nitrogens is 3. The smallest absolute Gasteiger partial charge is 0.257 e. The Hall–Kier alpha value is -3.00. The lowest BCUT2D eigenvalue weighted by atomic mass is 10.1. The standard InChI is InChI=1S/C18H19FN6O/c19-13-8-22-17-15(16(13)25-6-2-4-12(20)10-25)14(9-23-17)24-18(26)11-3-1-5-21-7-11/h1,3,5,7-9,12H,2,4,6,10,20H2,(H,22,23)(H,24,26)/t12-/m1/s1. The number of nitrogens with one attached hydrogen (secondary N) is 2. The highest BCUT2D eigenvalue weighted by Crippen LogP contribution is 2.35. The lowest BCUT2D eigenvalue weighted by Gasteiger charge is -2.33. The Morgan fingerprint density at radius 2 is 2.31 bits per heavy atom. The third kappa shape index (κ3) is 2.99. The Bertz CT molecular complexity index is 942. The molecule has 0 radical (unpaired) electrons. The number of nitrogens with zero attached hydrogens (tertiary/aromatic N) is 3. The second-order valence-corrected chi connectivity index (χ2v) is 6.42. The number of carbonyl (C=O) groups excluding carboxylic acids is 1. The topological polar surface area (TPSA) is 99.9 Å². The van der Waals surface area contributed by atoms with Gasteiger partial charge in [0, 0.05) is 37.7 Å². The highest BCUT2D eigenvalue weighted by atomic mass is 19.1. The molecule has 0 saturated carbocycles. The summed E-state index contributed by atoms with van der Waals surface area (Å²) in [7, 11) is 0. The minimum absolute atomic E-state index is 0.00117. The van der Waals surface area contributed by atoms with E-state index in [9.17, 15) is 9.18 Å². The molecule has 0 unspecified atom stereocenters. The fourth-order valence-corrected chi connectivity index (χ4v) is 3.37. The lowest BCUT2D eigenvalue weighted by molar-refractivity contribution is 0.102. The molecule has 0 spiro atoms. The van der Waals surface area contributed by atoms with E-state index in [1.807, 2.05) is 4.90 Å². The largest absolute Gasteiger partial charge is 0.367 e. The summed E-state index contributed by atoms with van der Waals surface area (Å²) >= 11 is 0. The highest BCUT2D eigenvalue weighted by molar-refractivity contribution is 6.11. The molecule has 3 aromatic heterocycles. The van der Waals surface area contributed by atoms with Gasteiger partial charge in [-0.2, -0.15) is 0 Å². The van der Waals surface area contributed by atoms with E-state index in [4.69, 9.17) is 5.73 Å². The van der Waals surface area contributed by atoms with E-state index in [1.165, 1.54) is 12.4 Å². The van der Waals surface area contributed by atoms with Crippen LogP contribution in [0.2, 0.25) is 0 Å². The van der Waals surface area contributed by atoms with E-state index in [0.29, 0.717) is 41.1 Å². The Kier molecular flexibility index (Phi) is 4.26. The van der Waals surface area contributed by atoms with Crippen LogP contribution in [0.3, 0.4) is 0 Å². The van der Waals surface area contributed by atoms with Gasteiger partial charge in [0.25, 0.3) is 5.91 Å². The SMILES string of the molecule is N[C@@H]1CCCN(c2c(F)cnc3[nH]cc(NC(=O)c4cccnc4)c23)C1. The van der Waals surface area contributed by atoms with Gasteiger partial charge < -0.3 is 20.9 Å². The van der Waals surface area contributed by atoms with Crippen molar-refractivity contribution >= 4 is 28.3 Å². The molecule has 134 valence electrons. The number of piperidine rings is 1. The zero-order valence-electron chi connectivity index (χ0n) is 14.1. The number of H-pyrrole nitrogens is 1. The maximum absolute atomic E-state index is 14.7. The lowest BCUT2D eigenvalue weighted by Crippen LogP contribution is -2.43. The van der Waals surface area contributed by atoms with Crippen LogP contribution in [0, 0.1) is 5.82 Å². The van der Waals surface area contributed by atoms with E-state index in [2.05, 4.69) is 20.3 Å². The van der Waals surface area contributed by atoms with Crippen molar-refractivity contribution in [1.29, 1.82) is 0 Å². The van der Waals surface area contributed by atoms with Crippen molar-refractivity contribution in [3.05, 3.63) is 48.3 Å². The minimum Gasteiger partial charge on any atom is -0.367 e. The summed E-state index contributed by atoms with van der Waals surface area (Å²) in [6.45, 7) is 1.28. The quantitative estimate of drug-likeness (QED) is 0.670. The molecule has 1 aliphatic heterocycles. The predicted molar refractivity (Wildman–Crippen MR) is 97.7 cm³/mol. The van der Waals surface area contributed by atoms with E-state index < -0.39 is 5.82 Å². The number of pyridine rings is 2. The molecule has 3 aromatic rings. The molecule has 4 N–H and O–H groups in total. The van der Waals surface area contributed by atoms with Gasteiger partial charge in [-0.1, -0.05) is 0 Å². The first kappa shape index (κ1) is 16.5. The second-order valence-electron chi connectivity index (χ2n) is 6.42. The van der Waals surface area contributed by atoms with Gasteiger partial charge in [-0.25, -0.2) is 9.37 Å². The molecule has 4 rings (SSSR count). The Labute approximate surface area is 149 Å². The van der Waals surface area contributed by atoms with Gasteiger partial charge in [0.05, 0.1) is 28.5 Å². The molecule has 1 saturated heterocycles. The number of hydrogen-bond acceptors (Lipinski definition) is 5. The molecule has 7 nitrogen and oxygen atoms in total. The van der Waals surface area contributed by atoms with Crippen LogP contribution in [0.25, 0.3) is 11.0 Å². The summed E-state index contributed by atoms with van der Waals surface area (Å²) in [6.07, 6.45) is 7.71. The summed E-state index contributed by atoms with van der Waals surface area (Å²) in [5, 5.41) is 3.38. The molecular formula is C18H19FN6O. The summed E-state index contributed by atoms with van der Waals surface area (Å²) in [5.41, 5.74) is 7.91. The normalized spacial score (nSPS) is 17.5. The number of rotatable bonds is 3. The monoisotopic (exact) mass is 354 g/mol. The third-order valence-corrected chi connectivity index (χ3v) is 4.58. The predicted octanol–water partition coefficient (Wildman–Crippen LogP) is 2.28. The molecule has 26 heavy (non-hydrogen) atoms. The van der Waals surface area contributed by atoms with Gasteiger partial charge in [0.2, 0.25) is 0 Å². The van der Waals surface area contributed by atoms with Crippen LogP contribution in [0.5, 0.6) is 0 Å². The molecule has 1 amide bonds. The minimum atomic E-state index is -0.428. The molecule has 1 fully saturated rings. The number of carbonyl (C=O) groups is 1. The van der Waals surface area contributed by atoms with Gasteiger partial charge in [0.15, 0.2) is 5.82 Å². The number of aromatic amines is 1. The maximum atomic E-state index is 14.7. The number of hydrogen-bond donors (Lipinski definition) is 3. The fourth-order valence-electron chi connectivity index (χ4n) is 3.37. The summed E-state index contributed by atoms with van der Waals surface area (Å²) in [5.74, 6) is -0.743. The van der Waals surface area contributed by atoms with Crippen LogP contribution < -0.4 is 16.0 Å². The van der Waals surface area contributed by atoms with Crippen molar-refractivity contribution in [2.75, 3.05) is 23.3 Å². The van der Waals surface area contributed by atoms with Gasteiger partial charge in [0.1, 0.15) is 5.65 Å². The Morgan fingerprint density at radius 1 is 1.42 bits per heavy atom. The molecule has 1 aliphatic rings. The molecule has 1 atom stereocenters. The number of halogens is 1. The van der Waals surface area contributed by atoms with Gasteiger partial charge >= 0.3 is 0 Å².